The van der Waals surface area contributed by atoms with Crippen molar-refractivity contribution in [3.8, 4) is 5.75 Å². The van der Waals surface area contributed by atoms with Gasteiger partial charge in [-0.1, -0.05) is 60.1 Å². The molecule has 3 aromatic rings. The maximum atomic E-state index is 6.04. The number of ether oxygens (including phenoxy) is 1. The van der Waals surface area contributed by atoms with Crippen LogP contribution in [0.1, 0.15) is 23.6 Å². The van der Waals surface area contributed by atoms with Gasteiger partial charge in [0, 0.05) is 17.0 Å². The Hall–Kier alpha value is -2.78. The van der Waals surface area contributed by atoms with Crippen molar-refractivity contribution in [2.75, 3.05) is 12.1 Å². The summed E-state index contributed by atoms with van der Waals surface area (Å²) in [5.41, 5.74) is 4.33. The lowest BCUT2D eigenvalue weighted by Gasteiger charge is -2.25. The van der Waals surface area contributed by atoms with Crippen LogP contribution in [-0.2, 0) is 0 Å². The van der Waals surface area contributed by atoms with Crippen molar-refractivity contribution in [1.82, 2.24) is 0 Å². The summed E-state index contributed by atoms with van der Waals surface area (Å²) >= 11 is 6.04. The van der Waals surface area contributed by atoms with E-state index < -0.39 is 0 Å². The first kappa shape index (κ1) is 16.7. The van der Waals surface area contributed by atoms with E-state index in [0.717, 1.165) is 39.7 Å². The fraction of sp³-hybridized carbons (Fsp3) is 0.136. The zero-order chi connectivity index (χ0) is 17.9. The van der Waals surface area contributed by atoms with Crippen molar-refractivity contribution in [1.29, 1.82) is 0 Å². The fourth-order valence-corrected chi connectivity index (χ4v) is 3.46. The second-order valence-electron chi connectivity index (χ2n) is 6.20. The van der Waals surface area contributed by atoms with E-state index in [1.165, 1.54) is 0 Å². The molecule has 4 rings (SSSR count). The van der Waals surface area contributed by atoms with Crippen LogP contribution in [0.2, 0.25) is 5.02 Å². The number of para-hydroxylation sites is 2. The molecule has 4 heteroatoms. The molecule has 0 bridgehead atoms. The zero-order valence-corrected chi connectivity index (χ0v) is 15.2. The molecule has 1 atom stereocenters. The molecule has 1 heterocycles. The Morgan fingerprint density at radius 3 is 2.35 bits per heavy atom. The summed E-state index contributed by atoms with van der Waals surface area (Å²) in [4.78, 5) is 0. The second-order valence-corrected chi connectivity index (χ2v) is 6.63. The largest absolute Gasteiger partial charge is 0.496 e. The molecule has 0 amide bonds. The third-order valence-electron chi connectivity index (χ3n) is 4.61. The van der Waals surface area contributed by atoms with Crippen molar-refractivity contribution in [2.24, 2.45) is 5.10 Å². The number of hydrogen-bond acceptors (Lipinski definition) is 3. The van der Waals surface area contributed by atoms with Crippen LogP contribution < -0.4 is 9.75 Å². The van der Waals surface area contributed by atoms with Gasteiger partial charge in [-0.25, -0.2) is 0 Å². The van der Waals surface area contributed by atoms with Crippen molar-refractivity contribution >= 4 is 23.0 Å². The first-order chi connectivity index (χ1) is 12.8. The van der Waals surface area contributed by atoms with E-state index in [9.17, 15) is 0 Å². The standard InChI is InChI=1S/C22H19ClN2O/c1-26-22-10-6-5-9-19(22)21-15-20(16-11-13-17(23)14-12-16)24-25(21)18-7-3-2-4-8-18/h2-14,21H,15H2,1H3/t21-/m1/s1. The zero-order valence-electron chi connectivity index (χ0n) is 14.5. The SMILES string of the molecule is COc1ccccc1[C@H]1CC(c2ccc(Cl)cc2)=NN1c1ccccc1. The number of hydrazone groups is 1. The predicted molar refractivity (Wildman–Crippen MR) is 107 cm³/mol. The summed E-state index contributed by atoms with van der Waals surface area (Å²) in [6, 6.07) is 26.3. The maximum Gasteiger partial charge on any atom is 0.124 e. The van der Waals surface area contributed by atoms with Crippen molar-refractivity contribution in [2.45, 2.75) is 12.5 Å². The number of halogens is 1. The highest BCUT2D eigenvalue weighted by molar-refractivity contribution is 6.30. The summed E-state index contributed by atoms with van der Waals surface area (Å²) < 4.78 is 5.60. The smallest absolute Gasteiger partial charge is 0.124 e. The molecule has 0 N–H and O–H groups in total. The summed E-state index contributed by atoms with van der Waals surface area (Å²) in [6.07, 6.45) is 0.802. The average Bonchev–Trinajstić information content (AvgIpc) is 3.14. The number of anilines is 1. The van der Waals surface area contributed by atoms with E-state index in [4.69, 9.17) is 21.4 Å². The van der Waals surface area contributed by atoms with E-state index in [0.29, 0.717) is 0 Å². The van der Waals surface area contributed by atoms with E-state index in [1.807, 2.05) is 60.7 Å². The molecule has 0 saturated carbocycles. The first-order valence-electron chi connectivity index (χ1n) is 8.57. The van der Waals surface area contributed by atoms with E-state index in [2.05, 4.69) is 23.2 Å². The highest BCUT2D eigenvalue weighted by Gasteiger charge is 2.31. The van der Waals surface area contributed by atoms with Gasteiger partial charge < -0.3 is 4.74 Å². The Morgan fingerprint density at radius 2 is 1.62 bits per heavy atom. The van der Waals surface area contributed by atoms with Gasteiger partial charge in [-0.05, 0) is 35.9 Å². The Bertz CT molecular complexity index is 922. The fourth-order valence-electron chi connectivity index (χ4n) is 3.33. The molecule has 0 aliphatic carbocycles. The normalized spacial score (nSPS) is 16.5. The topological polar surface area (TPSA) is 24.8 Å². The van der Waals surface area contributed by atoms with Gasteiger partial charge in [-0.2, -0.15) is 5.10 Å². The van der Waals surface area contributed by atoms with Crippen LogP contribution in [0.5, 0.6) is 5.75 Å². The highest BCUT2D eigenvalue weighted by atomic mass is 35.5. The molecular weight excluding hydrogens is 344 g/mol. The monoisotopic (exact) mass is 362 g/mol. The van der Waals surface area contributed by atoms with Gasteiger partial charge in [0.25, 0.3) is 0 Å². The number of rotatable bonds is 4. The van der Waals surface area contributed by atoms with Crippen LogP contribution >= 0.6 is 11.6 Å². The van der Waals surface area contributed by atoms with Gasteiger partial charge in [0.15, 0.2) is 0 Å². The minimum absolute atomic E-state index is 0.0826. The predicted octanol–water partition coefficient (Wildman–Crippen LogP) is 5.70. The Kier molecular flexibility index (Phi) is 4.63. The Balaban J connectivity index is 1.77. The van der Waals surface area contributed by atoms with Gasteiger partial charge in [-0.3, -0.25) is 5.01 Å². The molecule has 0 radical (unpaired) electrons. The van der Waals surface area contributed by atoms with Crippen LogP contribution in [-0.4, -0.2) is 12.8 Å². The van der Waals surface area contributed by atoms with E-state index in [-0.39, 0.29) is 6.04 Å². The summed E-state index contributed by atoms with van der Waals surface area (Å²) in [5.74, 6) is 0.881. The van der Waals surface area contributed by atoms with E-state index >= 15 is 0 Å². The Morgan fingerprint density at radius 1 is 0.923 bits per heavy atom. The molecule has 130 valence electrons. The van der Waals surface area contributed by atoms with Crippen molar-refractivity contribution < 1.29 is 4.74 Å². The quantitative estimate of drug-likeness (QED) is 0.594. The lowest BCUT2D eigenvalue weighted by molar-refractivity contribution is 0.405. The number of hydrogen-bond donors (Lipinski definition) is 0. The molecular formula is C22H19ClN2O. The minimum atomic E-state index is 0.0826. The van der Waals surface area contributed by atoms with Gasteiger partial charge >= 0.3 is 0 Å². The molecule has 0 unspecified atom stereocenters. The number of benzene rings is 3. The van der Waals surface area contributed by atoms with Gasteiger partial charge in [0.1, 0.15) is 5.75 Å². The van der Waals surface area contributed by atoms with Gasteiger partial charge in [-0.15, -0.1) is 0 Å². The number of methoxy groups -OCH3 is 1. The Labute approximate surface area is 158 Å². The van der Waals surface area contributed by atoms with Crippen LogP contribution in [0.25, 0.3) is 0 Å². The van der Waals surface area contributed by atoms with Gasteiger partial charge in [0.05, 0.1) is 24.6 Å². The molecule has 26 heavy (non-hydrogen) atoms. The molecule has 0 fully saturated rings. The van der Waals surface area contributed by atoms with Crippen molar-refractivity contribution in [3.05, 3.63) is 95.0 Å². The first-order valence-corrected chi connectivity index (χ1v) is 8.94. The lowest BCUT2D eigenvalue weighted by Crippen LogP contribution is -2.19. The molecule has 3 aromatic carbocycles. The molecule has 0 spiro atoms. The van der Waals surface area contributed by atoms with Crippen LogP contribution in [0.15, 0.2) is 84.0 Å². The van der Waals surface area contributed by atoms with Gasteiger partial charge in [0.2, 0.25) is 0 Å². The van der Waals surface area contributed by atoms with Crippen LogP contribution in [0.3, 0.4) is 0 Å². The molecule has 0 aromatic heterocycles. The number of nitrogens with zero attached hydrogens (tertiary/aromatic N) is 2. The molecule has 1 aliphatic heterocycles. The van der Waals surface area contributed by atoms with E-state index in [1.54, 1.807) is 7.11 Å². The minimum Gasteiger partial charge on any atom is -0.496 e. The second kappa shape index (κ2) is 7.22. The van der Waals surface area contributed by atoms with Crippen molar-refractivity contribution in [3.63, 3.8) is 0 Å². The third-order valence-corrected chi connectivity index (χ3v) is 4.86. The molecule has 1 aliphatic rings. The van der Waals surface area contributed by atoms with Crippen LogP contribution in [0, 0.1) is 0 Å². The lowest BCUT2D eigenvalue weighted by atomic mass is 9.97. The third kappa shape index (κ3) is 3.18. The maximum absolute atomic E-state index is 6.04. The average molecular weight is 363 g/mol. The van der Waals surface area contributed by atoms with Crippen LogP contribution in [0.4, 0.5) is 5.69 Å². The summed E-state index contributed by atoms with van der Waals surface area (Å²) in [7, 11) is 1.71. The highest BCUT2D eigenvalue weighted by Crippen LogP contribution is 2.40. The molecule has 3 nitrogen and oxygen atoms in total. The summed E-state index contributed by atoms with van der Waals surface area (Å²) in [5, 5.41) is 7.76. The summed E-state index contributed by atoms with van der Waals surface area (Å²) in [6.45, 7) is 0. The molecule has 0 saturated heterocycles.